The molecule has 2 aromatic heterocycles. The third-order valence-electron chi connectivity index (χ3n) is 7.40. The molecule has 214 valence electrons. The summed E-state index contributed by atoms with van der Waals surface area (Å²) in [5, 5.41) is 11.6. The number of amides is 1. The van der Waals surface area contributed by atoms with E-state index in [1.165, 1.54) is 17.7 Å². The molecule has 1 amide bonds. The number of fused-ring (bicyclic) bond motifs is 1. The Bertz CT molecular complexity index is 1370. The molecule has 0 aliphatic carbocycles. The van der Waals surface area contributed by atoms with Crippen molar-refractivity contribution in [1.29, 1.82) is 0 Å². The van der Waals surface area contributed by atoms with Crippen LogP contribution >= 0.6 is 0 Å². The van der Waals surface area contributed by atoms with Gasteiger partial charge in [-0.3, -0.25) is 9.20 Å². The van der Waals surface area contributed by atoms with Crippen LogP contribution in [0.15, 0.2) is 59.3 Å². The number of carbonyl (C=O) groups excluding carboxylic acids is 1. The Morgan fingerprint density at radius 1 is 1.10 bits per heavy atom. The Morgan fingerprint density at radius 3 is 2.62 bits per heavy atom. The Hall–Kier alpha value is -3.52. The lowest BCUT2D eigenvalue weighted by molar-refractivity contribution is -0.125. The first-order valence-corrected chi connectivity index (χ1v) is 14.6. The van der Waals surface area contributed by atoms with Crippen molar-refractivity contribution < 1.29 is 13.9 Å². The predicted octanol–water partition coefficient (Wildman–Crippen LogP) is 6.49. The minimum absolute atomic E-state index is 0.127. The highest BCUT2D eigenvalue weighted by Gasteiger charge is 2.25. The first-order valence-electron chi connectivity index (χ1n) is 14.6. The van der Waals surface area contributed by atoms with Gasteiger partial charge >= 0.3 is 0 Å². The molecule has 1 saturated heterocycles. The van der Waals surface area contributed by atoms with E-state index < -0.39 is 0 Å². The summed E-state index contributed by atoms with van der Waals surface area (Å²) in [5.41, 5.74) is 5.51. The zero-order valence-electron chi connectivity index (χ0n) is 24.3. The van der Waals surface area contributed by atoms with Gasteiger partial charge in [0.05, 0.1) is 13.2 Å². The molecule has 1 N–H and O–H groups in total. The highest BCUT2D eigenvalue weighted by Crippen LogP contribution is 2.32. The molecule has 3 aromatic rings. The Labute approximate surface area is 237 Å². The van der Waals surface area contributed by atoms with E-state index in [2.05, 4.69) is 42.4 Å². The third kappa shape index (κ3) is 6.97. The zero-order valence-corrected chi connectivity index (χ0v) is 24.3. The highest BCUT2D eigenvalue weighted by molar-refractivity contribution is 5.98. The van der Waals surface area contributed by atoms with E-state index in [4.69, 9.17) is 4.74 Å². The second kappa shape index (κ2) is 14.2. The largest absolute Gasteiger partial charge is 0.492 e. The minimum Gasteiger partial charge on any atom is -0.492 e. The Balaban J connectivity index is 1.60. The fourth-order valence-corrected chi connectivity index (χ4v) is 5.32. The summed E-state index contributed by atoms with van der Waals surface area (Å²) in [6.45, 7) is 8.96. The summed E-state index contributed by atoms with van der Waals surface area (Å²) in [4.78, 5) is 15.6. The molecule has 0 atom stereocenters. The quantitative estimate of drug-likeness (QED) is 0.196. The maximum Gasteiger partial charge on any atom is 0.253 e. The summed E-state index contributed by atoms with van der Waals surface area (Å²) in [6.07, 6.45) is 10.5. The molecule has 1 fully saturated rings. The molecule has 7 nitrogen and oxygen atoms in total. The third-order valence-corrected chi connectivity index (χ3v) is 7.40. The first kappa shape index (κ1) is 29.5. The minimum atomic E-state index is -0.356. The molecule has 8 heteroatoms. The number of allylic oxidation sites excluding steroid dienone is 2. The molecule has 0 spiro atoms. The van der Waals surface area contributed by atoms with E-state index in [9.17, 15) is 9.18 Å². The van der Waals surface area contributed by atoms with Crippen molar-refractivity contribution in [3.05, 3.63) is 71.0 Å². The van der Waals surface area contributed by atoms with Gasteiger partial charge in [-0.05, 0) is 69.5 Å². The van der Waals surface area contributed by atoms with Gasteiger partial charge in [-0.15, -0.1) is 10.2 Å². The molecule has 1 aromatic carbocycles. The molecular formula is C32H42FN5O2. The number of likely N-dealkylation sites (tertiary alicyclic amines) is 1. The first-order chi connectivity index (χ1) is 19.5. The van der Waals surface area contributed by atoms with E-state index in [1.54, 1.807) is 6.07 Å². The molecule has 40 heavy (non-hydrogen) atoms. The van der Waals surface area contributed by atoms with Crippen LogP contribution in [-0.2, 0) is 11.3 Å². The van der Waals surface area contributed by atoms with Crippen LogP contribution in [0.5, 0.6) is 5.75 Å². The SMILES string of the molecule is CCC/C=C(C(=O)N1CCCC1)/C(CCOc1cc(F)ccc1-c1ccc2nnc(CNC)n2c1)=C(/C)CCC. The van der Waals surface area contributed by atoms with Crippen molar-refractivity contribution in [2.24, 2.45) is 0 Å². The van der Waals surface area contributed by atoms with Crippen LogP contribution in [-0.4, -0.2) is 52.1 Å². The van der Waals surface area contributed by atoms with Gasteiger partial charge in [0, 0.05) is 48.5 Å². The average molecular weight is 548 g/mol. The standard InChI is InChI=1S/C32H42FN5O2/c1-5-7-11-28(32(39)37-17-8-9-18-37)26(23(3)10-6-2)16-19-40-29-20-25(33)13-14-27(29)24-12-15-30-35-36-31(21-34-4)38(30)22-24/h11-15,20,22,34H,5-10,16-19,21H2,1-4H3/b26-23-,28-11-. The Morgan fingerprint density at radius 2 is 1.90 bits per heavy atom. The van der Waals surface area contributed by atoms with Crippen LogP contribution < -0.4 is 10.1 Å². The lowest BCUT2D eigenvalue weighted by Gasteiger charge is -2.22. The van der Waals surface area contributed by atoms with Crippen molar-refractivity contribution in [2.45, 2.75) is 72.3 Å². The smallest absolute Gasteiger partial charge is 0.253 e. The van der Waals surface area contributed by atoms with Gasteiger partial charge in [-0.25, -0.2) is 4.39 Å². The fraction of sp³-hybridized carbons (Fsp3) is 0.469. The summed E-state index contributed by atoms with van der Waals surface area (Å²) in [5.74, 6) is 1.03. The number of nitrogens with one attached hydrogen (secondary N) is 1. The van der Waals surface area contributed by atoms with E-state index in [-0.39, 0.29) is 11.7 Å². The number of carbonyl (C=O) groups is 1. The van der Waals surface area contributed by atoms with Crippen LogP contribution in [0.3, 0.4) is 0 Å². The van der Waals surface area contributed by atoms with Crippen LogP contribution in [0.1, 0.15) is 71.5 Å². The van der Waals surface area contributed by atoms with Gasteiger partial charge in [0.1, 0.15) is 11.6 Å². The average Bonchev–Trinajstić information content (AvgIpc) is 3.63. The molecular weight excluding hydrogens is 505 g/mol. The molecule has 3 heterocycles. The van der Waals surface area contributed by atoms with Crippen LogP contribution in [0.2, 0.25) is 0 Å². The lowest BCUT2D eigenvalue weighted by atomic mass is 9.93. The summed E-state index contributed by atoms with van der Waals surface area (Å²) in [6, 6.07) is 8.48. The highest BCUT2D eigenvalue weighted by atomic mass is 19.1. The summed E-state index contributed by atoms with van der Waals surface area (Å²) >= 11 is 0. The van der Waals surface area contributed by atoms with Crippen LogP contribution in [0.25, 0.3) is 16.8 Å². The second-order valence-electron chi connectivity index (χ2n) is 10.4. The summed E-state index contributed by atoms with van der Waals surface area (Å²) < 4.78 is 22.6. The van der Waals surface area contributed by atoms with Gasteiger partial charge < -0.3 is 15.0 Å². The van der Waals surface area contributed by atoms with Crippen LogP contribution in [0.4, 0.5) is 4.39 Å². The van der Waals surface area contributed by atoms with Gasteiger partial charge in [0.15, 0.2) is 11.5 Å². The normalized spacial score (nSPS) is 14.6. The number of pyridine rings is 1. The Kier molecular flexibility index (Phi) is 10.5. The number of hydrogen-bond acceptors (Lipinski definition) is 5. The number of rotatable bonds is 13. The topological polar surface area (TPSA) is 71.8 Å². The van der Waals surface area contributed by atoms with Gasteiger partial charge in [-0.1, -0.05) is 38.3 Å². The maximum atomic E-state index is 14.4. The van der Waals surface area contributed by atoms with Gasteiger partial charge in [0.2, 0.25) is 0 Å². The maximum absolute atomic E-state index is 14.4. The number of halogens is 1. The molecule has 0 saturated carbocycles. The molecule has 4 rings (SSSR count). The van der Waals surface area contributed by atoms with E-state index in [0.29, 0.717) is 25.3 Å². The zero-order chi connectivity index (χ0) is 28.5. The number of unbranched alkanes of at least 4 members (excludes halogenated alkanes) is 1. The molecule has 1 aliphatic rings. The van der Waals surface area contributed by atoms with E-state index in [1.807, 2.05) is 34.7 Å². The number of hydrogen-bond donors (Lipinski definition) is 1. The van der Waals surface area contributed by atoms with Gasteiger partial charge in [-0.2, -0.15) is 0 Å². The monoisotopic (exact) mass is 547 g/mol. The number of aromatic nitrogens is 3. The predicted molar refractivity (Wildman–Crippen MR) is 158 cm³/mol. The fourth-order valence-electron chi connectivity index (χ4n) is 5.32. The number of benzene rings is 1. The van der Waals surface area contributed by atoms with Crippen molar-refractivity contribution >= 4 is 11.6 Å². The van der Waals surface area contributed by atoms with Crippen molar-refractivity contribution in [3.8, 4) is 16.9 Å². The van der Waals surface area contributed by atoms with Crippen molar-refractivity contribution in [3.63, 3.8) is 0 Å². The lowest BCUT2D eigenvalue weighted by Crippen LogP contribution is -2.30. The van der Waals surface area contributed by atoms with E-state index >= 15 is 0 Å². The molecule has 0 bridgehead atoms. The number of nitrogens with zero attached hydrogens (tertiary/aromatic N) is 4. The molecule has 0 radical (unpaired) electrons. The van der Waals surface area contributed by atoms with Crippen molar-refractivity contribution in [2.75, 3.05) is 26.7 Å². The van der Waals surface area contributed by atoms with Crippen LogP contribution in [0, 0.1) is 5.82 Å². The number of ether oxygens (including phenoxy) is 1. The van der Waals surface area contributed by atoms with Crippen molar-refractivity contribution in [1.82, 2.24) is 24.8 Å². The van der Waals surface area contributed by atoms with E-state index in [0.717, 1.165) is 85.4 Å². The van der Waals surface area contributed by atoms with Gasteiger partial charge in [0.25, 0.3) is 5.91 Å². The second-order valence-corrected chi connectivity index (χ2v) is 10.4. The molecule has 0 unspecified atom stereocenters. The molecule has 1 aliphatic heterocycles. The summed E-state index contributed by atoms with van der Waals surface area (Å²) in [7, 11) is 1.86.